The van der Waals surface area contributed by atoms with Crippen LogP contribution in [0.2, 0.25) is 0 Å². The molecule has 1 aliphatic rings. The number of H-pyrrole nitrogens is 2. The van der Waals surface area contributed by atoms with Crippen LogP contribution in [-0.4, -0.2) is 240 Å². The van der Waals surface area contributed by atoms with E-state index in [-0.39, 0.29) is 94.1 Å². The maximum atomic E-state index is 15.1. The average Bonchev–Trinajstić information content (AvgIpc) is 1.70. The first kappa shape index (κ1) is 98.9. The number of primary amides is 1. The average molecular weight is 1740 g/mol. The number of aromatic hydroxyl groups is 1. The molecule has 6 rings (SSSR count). The molecule has 0 saturated carbocycles. The molecule has 39 heteroatoms. The van der Waals surface area contributed by atoms with Crippen molar-refractivity contribution in [3.63, 3.8) is 0 Å². The lowest BCUT2D eigenvalue weighted by Crippen LogP contribution is -2.61. The van der Waals surface area contributed by atoms with Crippen LogP contribution in [-0.2, 0) is 96.0 Å². The second-order valence-electron chi connectivity index (χ2n) is 31.2. The lowest BCUT2D eigenvalue weighted by molar-refractivity contribution is -0.146. The lowest BCUT2D eigenvalue weighted by atomic mass is 9.97. The maximum Gasteiger partial charge on any atom is 0.326 e. The van der Waals surface area contributed by atoms with E-state index < -0.39 is 204 Å². The second kappa shape index (κ2) is 48.5. The molecule has 15 atom stereocenters. The van der Waals surface area contributed by atoms with Gasteiger partial charge in [0.1, 0.15) is 78.3 Å². The van der Waals surface area contributed by atoms with E-state index in [9.17, 15) is 87.2 Å². The van der Waals surface area contributed by atoms with Gasteiger partial charge in [0.25, 0.3) is 0 Å². The predicted octanol–water partition coefficient (Wildman–Crippen LogP) is 0.772. The number of hydrogen-bond donors (Lipinski definition) is 21. The molecule has 0 unspecified atom stereocenters. The molecule has 1 aliphatic heterocycles. The molecule has 0 bridgehead atoms. The number of carboxylic acids is 2. The van der Waals surface area contributed by atoms with Gasteiger partial charge < -0.3 is 105 Å². The van der Waals surface area contributed by atoms with Crippen LogP contribution in [0.15, 0.2) is 85.2 Å². The Morgan fingerprint density at radius 1 is 0.521 bits per heavy atom. The summed E-state index contributed by atoms with van der Waals surface area (Å²) in [6.45, 7) is 13.1. The number of phenolic OH excluding ortho intramolecular Hbond substituents is 1. The summed E-state index contributed by atoms with van der Waals surface area (Å²) in [5.41, 5.74) is 14.4. The van der Waals surface area contributed by atoms with Crippen molar-refractivity contribution in [2.45, 2.75) is 217 Å². The summed E-state index contributed by atoms with van der Waals surface area (Å²) < 4.78 is 0. The minimum atomic E-state index is -1.89. The number of hydrogen-bond acceptors (Lipinski definition) is 21. The molecule has 662 valence electrons. The first-order valence-corrected chi connectivity index (χ1v) is 43.0. The number of carbonyl (C=O) groups is 16. The van der Waals surface area contributed by atoms with Gasteiger partial charge in [-0.2, -0.15) is 37.0 Å². The molecule has 1 fully saturated rings. The molecule has 1 saturated heterocycles. The number of nitrogens with zero attached hydrogens (tertiary/aromatic N) is 1. The number of benzene rings is 3. The van der Waals surface area contributed by atoms with Gasteiger partial charge >= 0.3 is 11.9 Å². The molecule has 2 aromatic heterocycles. The number of amides is 14. The fraction of sp³-hybridized carbons (Fsp3) is 0.537. The number of carbonyl (C=O) groups excluding carboxylic acids is 14. The zero-order chi connectivity index (χ0) is 89.5. The van der Waals surface area contributed by atoms with Gasteiger partial charge in [-0.15, -0.1) is 0 Å². The number of phenols is 1. The normalized spacial score (nSPS) is 16.1. The van der Waals surface area contributed by atoms with Crippen molar-refractivity contribution in [3.05, 3.63) is 102 Å². The Kier molecular flexibility index (Phi) is 39.6. The Balaban J connectivity index is 1.19. The number of likely N-dealkylation sites (tertiary alicyclic amines) is 1. The minimum absolute atomic E-state index is 0.00441. The Bertz CT molecular complexity index is 4450. The summed E-state index contributed by atoms with van der Waals surface area (Å²) in [5, 5.41) is 63.1. The SMILES string of the molecule is CC[C@H](C)[C@H](NC(=O)[C@H](CC(C)C)NC(=O)CNC(=O)[C@H](CS)NC(=O)[C@@H](NC(=O)[C@H](CCSC)NC(=O)[C@@H]1CCCN1C(=O)[C@H](CC(=O)O)NC(=O)[C@H](Cc1c[nH]c2ccccc12)NC(=O)[C@H](CC(C)C)NC(=O)[C@H](CS)NC(=O)[C@H](Cc1ccc(O)cc1)NC(=O)[C@H](Cc1c[nH]c2ccccc12)NC(=O)[C@@H](N)CCC(N)=O)[C@@H](C)CC)C(=O)O. The van der Waals surface area contributed by atoms with Crippen LogP contribution in [0, 0.1) is 23.7 Å². The third-order valence-corrected chi connectivity index (χ3v) is 22.3. The lowest BCUT2D eigenvalue weighted by Gasteiger charge is -2.31. The highest BCUT2D eigenvalue weighted by Crippen LogP contribution is 2.25. The zero-order valence-corrected chi connectivity index (χ0v) is 72.0. The van der Waals surface area contributed by atoms with E-state index in [2.05, 4.69) is 99.0 Å². The quantitative estimate of drug-likeness (QED) is 0.0239. The number of nitrogens with one attached hydrogen (secondary N) is 14. The molecule has 121 heavy (non-hydrogen) atoms. The van der Waals surface area contributed by atoms with Crippen LogP contribution in [0.4, 0.5) is 0 Å². The van der Waals surface area contributed by atoms with Crippen molar-refractivity contribution in [2.24, 2.45) is 35.1 Å². The molecular formula is C82H117N17O19S3. The highest BCUT2D eigenvalue weighted by atomic mass is 32.2. The van der Waals surface area contributed by atoms with Gasteiger partial charge in [-0.3, -0.25) is 71.9 Å². The number of para-hydroxylation sites is 2. The molecule has 3 aromatic carbocycles. The van der Waals surface area contributed by atoms with Gasteiger partial charge in [0.05, 0.1) is 19.0 Å². The fourth-order valence-electron chi connectivity index (χ4n) is 13.7. The maximum absolute atomic E-state index is 15.1. The molecule has 0 radical (unpaired) electrons. The molecule has 21 N–H and O–H groups in total. The molecule has 5 aromatic rings. The number of rotatable bonds is 50. The summed E-state index contributed by atoms with van der Waals surface area (Å²) in [7, 11) is 0. The van der Waals surface area contributed by atoms with Gasteiger partial charge in [-0.05, 0) is 115 Å². The number of nitrogens with two attached hydrogens (primary N) is 2. The van der Waals surface area contributed by atoms with E-state index in [1.54, 1.807) is 123 Å². The van der Waals surface area contributed by atoms with Crippen LogP contribution < -0.4 is 75.3 Å². The van der Waals surface area contributed by atoms with Crippen LogP contribution in [0.1, 0.15) is 136 Å². The Labute approximate surface area is 717 Å². The van der Waals surface area contributed by atoms with Gasteiger partial charge in [-0.1, -0.05) is 117 Å². The van der Waals surface area contributed by atoms with E-state index in [0.717, 1.165) is 15.8 Å². The number of aliphatic carboxylic acids is 2. The first-order valence-electron chi connectivity index (χ1n) is 40.4. The van der Waals surface area contributed by atoms with Crippen LogP contribution in [0.5, 0.6) is 5.75 Å². The molecule has 0 spiro atoms. The third-order valence-electron chi connectivity index (χ3n) is 20.9. The van der Waals surface area contributed by atoms with Gasteiger partial charge in [-0.25, -0.2) is 4.79 Å². The van der Waals surface area contributed by atoms with E-state index >= 15 is 4.79 Å². The fourth-order valence-corrected chi connectivity index (χ4v) is 14.7. The van der Waals surface area contributed by atoms with Crippen molar-refractivity contribution >= 4 is 153 Å². The van der Waals surface area contributed by atoms with E-state index in [1.165, 1.54) is 36.0 Å². The van der Waals surface area contributed by atoms with Crippen molar-refractivity contribution in [2.75, 3.05) is 36.6 Å². The van der Waals surface area contributed by atoms with Crippen molar-refractivity contribution in [1.29, 1.82) is 0 Å². The van der Waals surface area contributed by atoms with Gasteiger partial charge in [0.15, 0.2) is 0 Å². The molecule has 0 aliphatic carbocycles. The summed E-state index contributed by atoms with van der Waals surface area (Å²) in [5.74, 6) is -16.9. The van der Waals surface area contributed by atoms with Gasteiger partial charge in [0, 0.05) is 77.9 Å². The number of thioether (sulfide) groups is 1. The second-order valence-corrected chi connectivity index (χ2v) is 32.9. The topological polar surface area (TPSA) is 565 Å². The van der Waals surface area contributed by atoms with Crippen molar-refractivity contribution in [3.8, 4) is 5.75 Å². The van der Waals surface area contributed by atoms with Crippen molar-refractivity contribution < 1.29 is 92.0 Å². The number of aromatic amines is 2. The van der Waals surface area contributed by atoms with E-state index in [4.69, 9.17) is 11.5 Å². The summed E-state index contributed by atoms with van der Waals surface area (Å²) in [4.78, 5) is 230. The molecular weight excluding hydrogens is 1620 g/mol. The number of fused-ring (bicyclic) bond motifs is 2. The van der Waals surface area contributed by atoms with E-state index in [0.29, 0.717) is 46.2 Å². The summed E-state index contributed by atoms with van der Waals surface area (Å²) >= 11 is 10.0. The number of aromatic nitrogens is 2. The Morgan fingerprint density at radius 2 is 0.967 bits per heavy atom. The van der Waals surface area contributed by atoms with Crippen LogP contribution in [0.3, 0.4) is 0 Å². The minimum Gasteiger partial charge on any atom is -0.508 e. The Hall–Kier alpha value is -10.9. The Morgan fingerprint density at radius 3 is 1.48 bits per heavy atom. The van der Waals surface area contributed by atoms with Gasteiger partial charge in [0.2, 0.25) is 82.7 Å². The standard InChI is InChI=1S/C82H117N17O19S3/c1-10-44(7)68(80(115)96-62(40-119)71(106)87-39-66(102)88-56(31-42(3)4)77(112)98-69(82(117)118)45(8)11-2)97-72(107)55(28-30-121-9)89-79(114)64-21-16-29-99(64)81(116)61(36-67(103)104)94-76(111)60(35-48-38-86-54-20-15-13-18-51(48)54)93-73(108)57(32-43(5)6)91-78(113)63(41-120)95-74(109)58(33-46-22-24-49(100)25-23-46)92-75(110)59(90-70(105)52(83)26-27-65(84)101)34-47-37-85-53-19-14-12-17-50(47)53/h12-15,17-20,22-25,37-38,42-45,52,55-64,68-69,85-86,100,119-120H,10-11,16,21,26-36,39-41,83H2,1-9H3,(H2,84,101)(H,87,106)(H,88,102)(H,89,114)(H,90,105)(H,91,113)(H,92,110)(H,93,108)(H,94,111)(H,95,109)(H,96,115)(H,97,107)(H,98,112)(H,103,104)(H,117,118)/t44-,45-,52-,55-,56-,57-,58-,59-,60-,61-,62-,63-,64-,68-,69-/m0/s1. The van der Waals surface area contributed by atoms with Crippen LogP contribution in [0.25, 0.3) is 21.8 Å². The number of thiol groups is 2. The number of carboxylic acid groups (broad SMARTS) is 2. The highest BCUT2D eigenvalue weighted by Gasteiger charge is 2.43. The monoisotopic (exact) mass is 1740 g/mol. The molecule has 3 heterocycles. The highest BCUT2D eigenvalue weighted by molar-refractivity contribution is 7.98. The third kappa shape index (κ3) is 30.3. The predicted molar refractivity (Wildman–Crippen MR) is 460 cm³/mol. The van der Waals surface area contributed by atoms with Crippen molar-refractivity contribution in [1.82, 2.24) is 78.7 Å². The zero-order valence-electron chi connectivity index (χ0n) is 69.4. The smallest absolute Gasteiger partial charge is 0.326 e. The summed E-state index contributed by atoms with van der Waals surface area (Å²) in [6, 6.07) is 1.36. The summed E-state index contributed by atoms with van der Waals surface area (Å²) in [6.07, 6.45) is 3.94. The first-order chi connectivity index (χ1) is 57.4. The van der Waals surface area contributed by atoms with Crippen LogP contribution >= 0.6 is 37.0 Å². The van der Waals surface area contributed by atoms with E-state index in [1.807, 2.05) is 0 Å². The molecule has 36 nitrogen and oxygen atoms in total. The largest absolute Gasteiger partial charge is 0.508 e. The molecule has 14 amide bonds.